The van der Waals surface area contributed by atoms with Crippen molar-refractivity contribution in [1.29, 1.82) is 0 Å². The van der Waals surface area contributed by atoms with E-state index in [-0.39, 0.29) is 12.0 Å². The van der Waals surface area contributed by atoms with Crippen LogP contribution in [0.5, 0.6) is 0 Å². The van der Waals surface area contributed by atoms with Crippen molar-refractivity contribution in [2.45, 2.75) is 13.0 Å². The summed E-state index contributed by atoms with van der Waals surface area (Å²) in [5, 5.41) is 9.35. The molecule has 1 atom stereocenters. The number of β-amino-alcohol motifs (C(OH)–C–C–N with tert-alkyl or cyclic N) is 1. The van der Waals surface area contributed by atoms with Crippen LogP contribution in [0.1, 0.15) is 26.3 Å². The van der Waals surface area contributed by atoms with Crippen LogP contribution in [0.4, 0.5) is 0 Å². The maximum atomic E-state index is 12.3. The molecule has 0 aromatic carbocycles. The molecule has 0 spiro atoms. The predicted octanol–water partition coefficient (Wildman–Crippen LogP) is -0.0144. The number of hydrogen-bond acceptors (Lipinski definition) is 5. The molecule has 0 saturated carbocycles. The highest BCUT2D eigenvalue weighted by Crippen LogP contribution is 2.18. The highest BCUT2D eigenvalue weighted by Gasteiger charge is 2.24. The van der Waals surface area contributed by atoms with Crippen molar-refractivity contribution in [2.24, 2.45) is 5.73 Å². The van der Waals surface area contributed by atoms with Gasteiger partial charge in [-0.3, -0.25) is 14.5 Å². The molecule has 110 valence electrons. The van der Waals surface area contributed by atoms with Crippen molar-refractivity contribution in [3.05, 3.63) is 21.9 Å². The van der Waals surface area contributed by atoms with Gasteiger partial charge in [0.15, 0.2) is 0 Å². The Labute approximate surface area is 121 Å². The average molecular weight is 297 g/mol. The van der Waals surface area contributed by atoms with Crippen LogP contribution in [-0.4, -0.2) is 65.5 Å². The third-order valence-electron chi connectivity index (χ3n) is 3.24. The first kappa shape index (κ1) is 15.0. The first-order valence-corrected chi connectivity index (χ1v) is 7.38. The molecule has 20 heavy (non-hydrogen) atoms. The maximum Gasteiger partial charge on any atom is 0.264 e. The fourth-order valence-electron chi connectivity index (χ4n) is 2.25. The molecule has 2 rings (SSSR count). The summed E-state index contributed by atoms with van der Waals surface area (Å²) in [6.45, 7) is 5.17. The molecule has 1 saturated heterocycles. The number of amides is 2. The fraction of sp³-hybridized carbons (Fsp3) is 0.538. The molecule has 7 heteroatoms. The van der Waals surface area contributed by atoms with Gasteiger partial charge in [-0.05, 0) is 19.1 Å². The Morgan fingerprint density at radius 2 is 1.90 bits per heavy atom. The van der Waals surface area contributed by atoms with E-state index in [2.05, 4.69) is 4.90 Å². The number of nitrogens with zero attached hydrogens (tertiary/aromatic N) is 2. The second kappa shape index (κ2) is 6.34. The van der Waals surface area contributed by atoms with Crippen LogP contribution >= 0.6 is 11.3 Å². The quantitative estimate of drug-likeness (QED) is 0.818. The Morgan fingerprint density at radius 1 is 1.30 bits per heavy atom. The Bertz CT molecular complexity index is 493. The van der Waals surface area contributed by atoms with Crippen LogP contribution in [-0.2, 0) is 0 Å². The van der Waals surface area contributed by atoms with E-state index in [1.54, 1.807) is 24.0 Å². The molecule has 6 nitrogen and oxygen atoms in total. The lowest BCUT2D eigenvalue weighted by atomic mass is 10.2. The van der Waals surface area contributed by atoms with Crippen LogP contribution < -0.4 is 5.73 Å². The van der Waals surface area contributed by atoms with Gasteiger partial charge in [0.2, 0.25) is 0 Å². The van der Waals surface area contributed by atoms with E-state index in [0.29, 0.717) is 29.4 Å². The number of rotatable bonds is 4. The lowest BCUT2D eigenvalue weighted by Crippen LogP contribution is -2.50. The van der Waals surface area contributed by atoms with E-state index in [1.807, 2.05) is 0 Å². The number of carbonyl (C=O) groups excluding carboxylic acids is 2. The molecule has 1 aromatic rings. The van der Waals surface area contributed by atoms with Crippen LogP contribution in [0.15, 0.2) is 12.1 Å². The third-order valence-corrected chi connectivity index (χ3v) is 4.33. The van der Waals surface area contributed by atoms with E-state index in [0.717, 1.165) is 24.4 Å². The second-order valence-corrected chi connectivity index (χ2v) is 6.05. The number of aliphatic hydroxyl groups is 1. The molecule has 3 N–H and O–H groups in total. The van der Waals surface area contributed by atoms with Crippen molar-refractivity contribution in [3.63, 3.8) is 0 Å². The SMILES string of the molecule is CC(O)CN1CCN(C(=O)c2ccc(C(N)=O)s2)CC1. The van der Waals surface area contributed by atoms with Crippen LogP contribution in [0.25, 0.3) is 0 Å². The minimum Gasteiger partial charge on any atom is -0.392 e. The van der Waals surface area contributed by atoms with Gasteiger partial charge < -0.3 is 15.7 Å². The average Bonchev–Trinajstić information content (AvgIpc) is 2.88. The van der Waals surface area contributed by atoms with Gasteiger partial charge in [0.25, 0.3) is 11.8 Å². The molecule has 2 heterocycles. The molecule has 2 amide bonds. The van der Waals surface area contributed by atoms with Crippen molar-refractivity contribution in [3.8, 4) is 0 Å². The Balaban J connectivity index is 1.92. The molecular weight excluding hydrogens is 278 g/mol. The van der Waals surface area contributed by atoms with Gasteiger partial charge in [0, 0.05) is 32.7 Å². The van der Waals surface area contributed by atoms with Crippen molar-refractivity contribution in [1.82, 2.24) is 9.80 Å². The zero-order chi connectivity index (χ0) is 14.7. The van der Waals surface area contributed by atoms with E-state index < -0.39 is 5.91 Å². The lowest BCUT2D eigenvalue weighted by Gasteiger charge is -2.35. The fourth-order valence-corrected chi connectivity index (χ4v) is 3.07. The normalized spacial score (nSPS) is 18.0. The number of piperazine rings is 1. The van der Waals surface area contributed by atoms with Crippen molar-refractivity contribution >= 4 is 23.2 Å². The Kier molecular flexibility index (Phi) is 4.74. The number of thiophene rings is 1. The molecule has 1 unspecified atom stereocenters. The summed E-state index contributed by atoms with van der Waals surface area (Å²) in [4.78, 5) is 28.2. The molecule has 1 aliphatic heterocycles. The summed E-state index contributed by atoms with van der Waals surface area (Å²) in [5.74, 6) is -0.560. The summed E-state index contributed by atoms with van der Waals surface area (Å²) in [5.41, 5.74) is 5.19. The molecule has 0 bridgehead atoms. The topological polar surface area (TPSA) is 86.9 Å². The zero-order valence-electron chi connectivity index (χ0n) is 11.4. The van der Waals surface area contributed by atoms with Gasteiger partial charge in [-0.25, -0.2) is 0 Å². The van der Waals surface area contributed by atoms with E-state index in [4.69, 9.17) is 5.73 Å². The summed E-state index contributed by atoms with van der Waals surface area (Å²) in [6.07, 6.45) is -0.354. The standard InChI is InChI=1S/C13H19N3O3S/c1-9(17)8-15-4-6-16(7-5-15)13(19)11-3-2-10(20-11)12(14)18/h2-3,9,17H,4-8H2,1H3,(H2,14,18). The first-order valence-electron chi connectivity index (χ1n) is 6.56. The van der Waals surface area contributed by atoms with Gasteiger partial charge >= 0.3 is 0 Å². The summed E-state index contributed by atoms with van der Waals surface area (Å²) in [6, 6.07) is 3.24. The predicted molar refractivity (Wildman–Crippen MR) is 76.9 cm³/mol. The van der Waals surface area contributed by atoms with E-state index >= 15 is 0 Å². The number of nitrogens with two attached hydrogens (primary N) is 1. The van der Waals surface area contributed by atoms with Crippen LogP contribution in [0, 0.1) is 0 Å². The van der Waals surface area contributed by atoms with Gasteiger partial charge in [0.1, 0.15) is 0 Å². The highest BCUT2D eigenvalue weighted by molar-refractivity contribution is 7.15. The summed E-state index contributed by atoms with van der Waals surface area (Å²) >= 11 is 1.13. The number of aliphatic hydroxyl groups excluding tert-OH is 1. The van der Waals surface area contributed by atoms with Crippen LogP contribution in [0.3, 0.4) is 0 Å². The summed E-state index contributed by atoms with van der Waals surface area (Å²) in [7, 11) is 0. The molecule has 1 fully saturated rings. The first-order chi connectivity index (χ1) is 9.47. The Morgan fingerprint density at radius 3 is 2.40 bits per heavy atom. The van der Waals surface area contributed by atoms with Crippen LogP contribution in [0.2, 0.25) is 0 Å². The minimum atomic E-state index is -0.504. The highest BCUT2D eigenvalue weighted by atomic mass is 32.1. The number of primary amides is 1. The van der Waals surface area contributed by atoms with Gasteiger partial charge in [-0.15, -0.1) is 11.3 Å². The van der Waals surface area contributed by atoms with Gasteiger partial charge in [-0.2, -0.15) is 0 Å². The largest absolute Gasteiger partial charge is 0.392 e. The maximum absolute atomic E-state index is 12.3. The molecule has 1 aliphatic rings. The number of carbonyl (C=O) groups is 2. The third kappa shape index (κ3) is 3.56. The second-order valence-electron chi connectivity index (χ2n) is 4.97. The number of hydrogen-bond donors (Lipinski definition) is 2. The van der Waals surface area contributed by atoms with Crippen molar-refractivity contribution < 1.29 is 14.7 Å². The minimum absolute atomic E-state index is 0.0563. The van der Waals surface area contributed by atoms with E-state index in [9.17, 15) is 14.7 Å². The van der Waals surface area contributed by atoms with Gasteiger partial charge in [-0.1, -0.05) is 0 Å². The molecule has 0 radical (unpaired) electrons. The zero-order valence-corrected chi connectivity index (χ0v) is 12.2. The molecule has 0 aliphatic carbocycles. The smallest absolute Gasteiger partial charge is 0.264 e. The van der Waals surface area contributed by atoms with Crippen molar-refractivity contribution in [2.75, 3.05) is 32.7 Å². The molecular formula is C13H19N3O3S. The molecule has 1 aromatic heterocycles. The summed E-state index contributed by atoms with van der Waals surface area (Å²) < 4.78 is 0. The Hall–Kier alpha value is -1.44. The van der Waals surface area contributed by atoms with Gasteiger partial charge in [0.05, 0.1) is 15.9 Å². The lowest BCUT2D eigenvalue weighted by molar-refractivity contribution is 0.0558. The van der Waals surface area contributed by atoms with E-state index in [1.165, 1.54) is 0 Å². The monoisotopic (exact) mass is 297 g/mol.